The first-order valence-corrected chi connectivity index (χ1v) is 14.5. The first-order valence-electron chi connectivity index (χ1n) is 11.8. The van der Waals surface area contributed by atoms with Crippen LogP contribution in [0.15, 0.2) is 41.3 Å². The monoisotopic (exact) mass is 483 g/mol. The molecule has 0 aliphatic carbocycles. The molecule has 5 nitrogen and oxygen atoms in total. The van der Waals surface area contributed by atoms with Crippen molar-refractivity contribution in [3.05, 3.63) is 69.3 Å². The van der Waals surface area contributed by atoms with E-state index in [4.69, 9.17) is 9.16 Å². The minimum absolute atomic E-state index is 0.0589. The van der Waals surface area contributed by atoms with Crippen LogP contribution in [0.5, 0.6) is 0 Å². The lowest BCUT2D eigenvalue weighted by molar-refractivity contribution is 0.0524. The number of aromatic nitrogens is 1. The number of hydrogen-bond acceptors (Lipinski definition) is 4. The number of carbonyl (C=O) groups excluding carboxylic acids is 1. The molecule has 0 unspecified atom stereocenters. The number of esters is 1. The maximum atomic E-state index is 15.5. The lowest BCUT2D eigenvalue weighted by atomic mass is 9.84. The number of pyridine rings is 1. The first kappa shape index (κ1) is 25.8. The van der Waals surface area contributed by atoms with E-state index in [9.17, 15) is 9.59 Å². The summed E-state index contributed by atoms with van der Waals surface area (Å²) in [7, 11) is -1.29. The predicted octanol–water partition coefficient (Wildman–Crippen LogP) is 5.80. The maximum Gasteiger partial charge on any atom is 0.343 e. The van der Waals surface area contributed by atoms with Gasteiger partial charge in [0, 0.05) is 23.7 Å². The van der Waals surface area contributed by atoms with Gasteiger partial charge in [-0.2, -0.15) is 0 Å². The summed E-state index contributed by atoms with van der Waals surface area (Å²) in [6, 6.07) is 8.99. The molecule has 3 rings (SSSR count). The Morgan fingerprint density at radius 3 is 2.38 bits per heavy atom. The summed E-state index contributed by atoms with van der Waals surface area (Å²) in [4.78, 5) is 25.3. The number of carbonyl (C=O) groups is 1. The van der Waals surface area contributed by atoms with Crippen molar-refractivity contribution in [1.29, 1.82) is 0 Å². The molecule has 0 aliphatic heterocycles. The van der Waals surface area contributed by atoms with Crippen LogP contribution in [0.1, 0.15) is 56.1 Å². The van der Waals surface area contributed by atoms with Gasteiger partial charge in [0.15, 0.2) is 9.04 Å². The van der Waals surface area contributed by atoms with Gasteiger partial charge in [-0.25, -0.2) is 9.18 Å². The summed E-state index contributed by atoms with van der Waals surface area (Å²) in [6.07, 6.45) is 1.50. The van der Waals surface area contributed by atoms with E-state index in [1.165, 1.54) is 12.3 Å². The van der Waals surface area contributed by atoms with E-state index in [0.29, 0.717) is 24.2 Å². The maximum absolute atomic E-state index is 15.5. The van der Waals surface area contributed by atoms with Gasteiger partial charge in [-0.3, -0.25) is 4.79 Å². The van der Waals surface area contributed by atoms with Crippen LogP contribution in [-0.4, -0.2) is 26.2 Å². The Labute approximate surface area is 202 Å². The minimum Gasteiger partial charge on any atom is -0.462 e. The molecule has 1 aromatic heterocycles. The summed E-state index contributed by atoms with van der Waals surface area (Å²) < 4.78 is 28.4. The number of ether oxygens (including phenoxy) is 1. The number of halogens is 1. The topological polar surface area (TPSA) is 57.5 Å². The molecule has 2 aromatic carbocycles. The number of nitrogens with zero attached hydrogens (tertiary/aromatic N) is 1. The van der Waals surface area contributed by atoms with Crippen molar-refractivity contribution in [2.45, 2.75) is 66.3 Å². The fraction of sp³-hybridized carbons (Fsp3) is 0.407. The third kappa shape index (κ3) is 5.31. The fourth-order valence-corrected chi connectivity index (χ4v) is 4.44. The van der Waals surface area contributed by atoms with Gasteiger partial charge in [0.1, 0.15) is 11.4 Å². The molecule has 0 radical (unpaired) electrons. The summed E-state index contributed by atoms with van der Waals surface area (Å²) in [5, 5.41) is 0.160. The minimum atomic E-state index is -1.29. The van der Waals surface area contributed by atoms with Gasteiger partial charge in [0.2, 0.25) is 5.43 Å². The Balaban J connectivity index is 2.26. The van der Waals surface area contributed by atoms with Crippen molar-refractivity contribution >= 4 is 25.9 Å². The molecule has 0 atom stereocenters. The van der Waals surface area contributed by atoms with Crippen LogP contribution < -0.4 is 5.43 Å². The van der Waals surface area contributed by atoms with Crippen molar-refractivity contribution in [1.82, 2.24) is 4.57 Å². The van der Waals surface area contributed by atoms with Crippen LogP contribution in [0, 0.1) is 5.82 Å². The van der Waals surface area contributed by atoms with Crippen molar-refractivity contribution < 1.29 is 18.3 Å². The molecule has 0 N–H and O–H groups in total. The van der Waals surface area contributed by atoms with Gasteiger partial charge < -0.3 is 13.7 Å². The van der Waals surface area contributed by atoms with Gasteiger partial charge in [-0.1, -0.05) is 39.0 Å². The van der Waals surface area contributed by atoms with E-state index >= 15 is 4.39 Å². The smallest absolute Gasteiger partial charge is 0.343 e. The van der Waals surface area contributed by atoms with Gasteiger partial charge in [-0.15, -0.1) is 0 Å². The molecular formula is C27H34FNO4Si. The van der Waals surface area contributed by atoms with Crippen LogP contribution in [0.25, 0.3) is 22.0 Å². The number of rotatable bonds is 7. The highest BCUT2D eigenvalue weighted by Crippen LogP contribution is 2.33. The van der Waals surface area contributed by atoms with E-state index in [-0.39, 0.29) is 23.0 Å². The largest absolute Gasteiger partial charge is 0.462 e. The van der Waals surface area contributed by atoms with Crippen molar-refractivity contribution in [2.24, 2.45) is 0 Å². The van der Waals surface area contributed by atoms with E-state index in [2.05, 4.69) is 39.9 Å². The van der Waals surface area contributed by atoms with E-state index in [0.717, 1.165) is 16.7 Å². The average Bonchev–Trinajstić information content (AvgIpc) is 2.77. The molecular weight excluding hydrogens is 449 g/mol. The van der Waals surface area contributed by atoms with Gasteiger partial charge >= 0.3 is 5.97 Å². The highest BCUT2D eigenvalue weighted by atomic mass is 28.3. The van der Waals surface area contributed by atoms with Gasteiger partial charge in [0.25, 0.3) is 0 Å². The molecule has 3 aromatic rings. The SMILES string of the molecule is CCOC(=O)c1cn(CC)c2cc(-c3ccc(C(C)(C)C)cc3CO[SiH](C)C)c(F)cc2c1=O. The van der Waals surface area contributed by atoms with Crippen LogP contribution in [0.4, 0.5) is 4.39 Å². The van der Waals surface area contributed by atoms with Crippen LogP contribution >= 0.6 is 0 Å². The second kappa shape index (κ2) is 10.2. The Morgan fingerprint density at radius 2 is 1.79 bits per heavy atom. The number of benzene rings is 2. The van der Waals surface area contributed by atoms with Gasteiger partial charge in [-0.05, 0) is 61.2 Å². The van der Waals surface area contributed by atoms with Crippen LogP contribution in [0.2, 0.25) is 13.1 Å². The van der Waals surface area contributed by atoms with E-state index in [1.807, 2.05) is 19.1 Å². The van der Waals surface area contributed by atoms with Crippen molar-refractivity contribution in [3.8, 4) is 11.1 Å². The predicted molar refractivity (Wildman–Crippen MR) is 138 cm³/mol. The number of hydrogen-bond donors (Lipinski definition) is 0. The Kier molecular flexibility index (Phi) is 7.78. The first-order chi connectivity index (χ1) is 16.0. The molecule has 0 amide bonds. The van der Waals surface area contributed by atoms with Crippen molar-refractivity contribution in [2.75, 3.05) is 6.61 Å². The number of fused-ring (bicyclic) bond motifs is 1. The zero-order chi connectivity index (χ0) is 25.2. The molecule has 0 aliphatic rings. The molecule has 182 valence electrons. The van der Waals surface area contributed by atoms with E-state index in [1.54, 1.807) is 17.6 Å². The zero-order valence-corrected chi connectivity index (χ0v) is 22.3. The fourth-order valence-electron chi connectivity index (χ4n) is 3.93. The third-order valence-corrected chi connectivity index (χ3v) is 6.67. The second-order valence-corrected chi connectivity index (χ2v) is 12.1. The summed E-state index contributed by atoms with van der Waals surface area (Å²) in [5.41, 5.74) is 3.11. The summed E-state index contributed by atoms with van der Waals surface area (Å²) in [6.45, 7) is 15.3. The average molecular weight is 484 g/mol. The molecule has 1 heterocycles. The summed E-state index contributed by atoms with van der Waals surface area (Å²) in [5.74, 6) is -1.21. The quantitative estimate of drug-likeness (QED) is 0.315. The molecule has 0 spiro atoms. The van der Waals surface area contributed by atoms with Gasteiger partial charge in [0.05, 0.1) is 18.7 Å². The standard InChI is InChI=1S/C27H34FNO4Si/c1-8-29-15-22(26(31)32-9-2)25(30)21-13-23(28)20(14-24(21)29)19-11-10-18(27(3,4)5)12-17(19)16-33-34(6)7/h10-15,34H,8-9,16H2,1-7H3. The lowest BCUT2D eigenvalue weighted by Crippen LogP contribution is -2.21. The zero-order valence-electron chi connectivity index (χ0n) is 21.1. The Morgan fingerprint density at radius 1 is 1.09 bits per heavy atom. The molecule has 34 heavy (non-hydrogen) atoms. The van der Waals surface area contributed by atoms with Crippen molar-refractivity contribution in [3.63, 3.8) is 0 Å². The molecule has 0 saturated heterocycles. The van der Waals surface area contributed by atoms with Crippen LogP contribution in [0.3, 0.4) is 0 Å². The lowest BCUT2D eigenvalue weighted by Gasteiger charge is -2.22. The van der Waals surface area contributed by atoms with Crippen LogP contribution in [-0.2, 0) is 27.7 Å². The normalized spacial score (nSPS) is 11.9. The third-order valence-electron chi connectivity index (χ3n) is 5.84. The molecule has 7 heteroatoms. The highest BCUT2D eigenvalue weighted by Gasteiger charge is 2.21. The highest BCUT2D eigenvalue weighted by molar-refractivity contribution is 6.48. The molecule has 0 bridgehead atoms. The van der Waals surface area contributed by atoms with E-state index < -0.39 is 26.3 Å². The molecule has 0 fully saturated rings. The Hall–Kier alpha value is -2.77. The Bertz CT molecular complexity index is 1270. The number of aryl methyl sites for hydroxylation is 1. The second-order valence-electron chi connectivity index (χ2n) is 9.71. The summed E-state index contributed by atoms with van der Waals surface area (Å²) >= 11 is 0. The molecule has 0 saturated carbocycles.